The molecular formula is C41H82N8O7S10. The summed E-state index contributed by atoms with van der Waals surface area (Å²) in [4.78, 5) is 70.1. The van der Waals surface area contributed by atoms with E-state index in [9.17, 15) is 24.0 Å². The van der Waals surface area contributed by atoms with Crippen molar-refractivity contribution in [2.75, 3.05) is 162 Å². The topological polar surface area (TPSA) is 196 Å². The largest absolute Gasteiger partial charge is 0.395 e. The third-order valence-electron chi connectivity index (χ3n) is 8.68. The zero-order valence-corrected chi connectivity index (χ0v) is 47.9. The number of aliphatic hydroxyl groups excluding tert-OH is 2. The summed E-state index contributed by atoms with van der Waals surface area (Å²) < 4.78 is 0. The Bertz CT molecular complexity index is 1170. The summed E-state index contributed by atoms with van der Waals surface area (Å²) in [6, 6.07) is 0. The third-order valence-corrected chi connectivity index (χ3v) is 21.2. The zero-order chi connectivity index (χ0) is 48.6. The monoisotopic (exact) mass is 1120 g/mol. The SMILES string of the molecule is CCCSSCCC(=O)NCCN(CCNC(=O)CCSSCCO)CCN(CCNC(=O)CCSSCCO)CCN(CCNC(=O)CCSSCCC)CCNC(=O)CSSCCC. The molecule has 0 saturated carbocycles. The Morgan fingerprint density at radius 2 is 0.576 bits per heavy atom. The first-order valence-corrected chi connectivity index (χ1v) is 35.6. The molecule has 7 N–H and O–H groups in total. The van der Waals surface area contributed by atoms with Gasteiger partial charge in [-0.2, -0.15) is 0 Å². The molecule has 0 unspecified atom stereocenters. The van der Waals surface area contributed by atoms with Gasteiger partial charge >= 0.3 is 0 Å². The highest BCUT2D eigenvalue weighted by molar-refractivity contribution is 8.77. The molecular weight excluding hydrogens is 1040 g/mol. The molecule has 0 radical (unpaired) electrons. The molecule has 66 heavy (non-hydrogen) atoms. The van der Waals surface area contributed by atoms with Crippen molar-refractivity contribution < 1.29 is 34.2 Å². The van der Waals surface area contributed by atoms with Gasteiger partial charge < -0.3 is 36.8 Å². The van der Waals surface area contributed by atoms with Gasteiger partial charge in [-0.25, -0.2) is 0 Å². The van der Waals surface area contributed by atoms with E-state index in [4.69, 9.17) is 10.2 Å². The Morgan fingerprint density at radius 1 is 0.333 bits per heavy atom. The molecule has 0 saturated heterocycles. The fourth-order valence-corrected chi connectivity index (χ4v) is 15.0. The van der Waals surface area contributed by atoms with Crippen LogP contribution in [0.2, 0.25) is 0 Å². The van der Waals surface area contributed by atoms with E-state index in [1.807, 2.05) is 0 Å². The normalized spacial score (nSPS) is 11.4. The summed E-state index contributed by atoms with van der Waals surface area (Å²) in [6.45, 7) is 14.8. The van der Waals surface area contributed by atoms with Crippen LogP contribution in [0.25, 0.3) is 0 Å². The number of aliphatic hydroxyl groups is 2. The van der Waals surface area contributed by atoms with Crippen LogP contribution in [-0.4, -0.2) is 217 Å². The number of carbonyl (C=O) groups is 5. The number of carbonyl (C=O) groups excluding carboxylic acids is 5. The van der Waals surface area contributed by atoms with Crippen LogP contribution in [0.3, 0.4) is 0 Å². The lowest BCUT2D eigenvalue weighted by Gasteiger charge is -2.30. The number of nitrogens with one attached hydrogen (secondary N) is 5. The van der Waals surface area contributed by atoms with Crippen molar-refractivity contribution in [1.29, 1.82) is 0 Å². The van der Waals surface area contributed by atoms with Gasteiger partial charge in [-0.1, -0.05) is 129 Å². The van der Waals surface area contributed by atoms with Gasteiger partial charge in [0.15, 0.2) is 0 Å². The second-order valence-electron chi connectivity index (χ2n) is 14.4. The molecule has 388 valence electrons. The highest BCUT2D eigenvalue weighted by atomic mass is 33.1. The molecule has 0 aliphatic rings. The average molecular weight is 1120 g/mol. The van der Waals surface area contributed by atoms with Crippen molar-refractivity contribution in [3.63, 3.8) is 0 Å². The first-order chi connectivity index (χ1) is 32.2. The molecule has 0 atom stereocenters. The molecule has 0 aromatic heterocycles. The van der Waals surface area contributed by atoms with Crippen molar-refractivity contribution in [3.05, 3.63) is 0 Å². The maximum atomic E-state index is 12.7. The van der Waals surface area contributed by atoms with Crippen LogP contribution < -0.4 is 26.6 Å². The smallest absolute Gasteiger partial charge is 0.230 e. The third kappa shape index (κ3) is 47.0. The van der Waals surface area contributed by atoms with Crippen LogP contribution in [-0.2, 0) is 24.0 Å². The Balaban J connectivity index is 5.81. The lowest BCUT2D eigenvalue weighted by molar-refractivity contribution is -0.121. The van der Waals surface area contributed by atoms with Gasteiger partial charge in [-0.05, 0) is 19.3 Å². The first-order valence-electron chi connectivity index (χ1n) is 23.1. The molecule has 0 bridgehead atoms. The Hall–Kier alpha value is 0.650. The maximum absolute atomic E-state index is 12.7. The van der Waals surface area contributed by atoms with Crippen molar-refractivity contribution in [3.8, 4) is 0 Å². The Kier molecular flexibility index (Phi) is 52.5. The highest BCUT2D eigenvalue weighted by Crippen LogP contribution is 2.24. The summed E-state index contributed by atoms with van der Waals surface area (Å²) in [5.74, 6) is 7.69. The highest BCUT2D eigenvalue weighted by Gasteiger charge is 2.15. The minimum absolute atomic E-state index is 0.00586. The molecule has 0 aromatic carbocycles. The van der Waals surface area contributed by atoms with Gasteiger partial charge in [-0.3, -0.25) is 38.7 Å². The molecule has 0 aromatic rings. The molecule has 0 aliphatic carbocycles. The number of amides is 5. The molecule has 0 aliphatic heterocycles. The van der Waals surface area contributed by atoms with Gasteiger partial charge in [0.05, 0.1) is 19.0 Å². The summed E-state index contributed by atoms with van der Waals surface area (Å²) >= 11 is 0. The van der Waals surface area contributed by atoms with Gasteiger partial charge in [0.1, 0.15) is 0 Å². The summed E-state index contributed by atoms with van der Waals surface area (Å²) in [6.07, 6.45) is 4.99. The number of hydrogen-bond acceptors (Lipinski definition) is 20. The van der Waals surface area contributed by atoms with E-state index in [-0.39, 0.29) is 42.7 Å². The van der Waals surface area contributed by atoms with E-state index in [1.54, 1.807) is 108 Å². The molecule has 0 fully saturated rings. The summed E-state index contributed by atoms with van der Waals surface area (Å²) in [7, 11) is 16.6. The summed E-state index contributed by atoms with van der Waals surface area (Å²) in [5.41, 5.74) is 0. The van der Waals surface area contributed by atoms with E-state index >= 15 is 0 Å². The molecule has 0 heterocycles. The van der Waals surface area contributed by atoms with Crippen molar-refractivity contribution in [2.45, 2.75) is 65.7 Å². The van der Waals surface area contributed by atoms with E-state index in [0.717, 1.165) is 48.0 Å². The summed E-state index contributed by atoms with van der Waals surface area (Å²) in [5, 5.41) is 33.4. The van der Waals surface area contributed by atoms with Gasteiger partial charge in [-0.15, -0.1) is 0 Å². The van der Waals surface area contributed by atoms with Gasteiger partial charge in [0.25, 0.3) is 0 Å². The van der Waals surface area contributed by atoms with E-state index < -0.39 is 0 Å². The molecule has 15 nitrogen and oxygen atoms in total. The fraction of sp³-hybridized carbons (Fsp3) is 0.878. The number of nitrogens with zero attached hydrogens (tertiary/aromatic N) is 3. The quantitative estimate of drug-likeness (QED) is 0.0312. The number of hydrogen-bond donors (Lipinski definition) is 7. The lowest BCUT2D eigenvalue weighted by atomic mass is 10.3. The van der Waals surface area contributed by atoms with Crippen molar-refractivity contribution in [2.24, 2.45) is 0 Å². The van der Waals surface area contributed by atoms with Crippen LogP contribution in [0.5, 0.6) is 0 Å². The standard InChI is InChI=1S/C41H82N8O7S10/c1-4-27-57-60-30-7-37(52)42-11-16-47(17-12-44-39(54)9-32-62-64-34-25-50)21-23-49(20-14-45-40(55)10-33-63-65-35-26-51)24-22-48(19-15-46-41(56)36-66-59-29-6-3)18-13-43-38(53)8-31-61-58-28-5-2/h50-51H,4-36H2,1-3H3,(H,42,52)(H,43,53)(H,44,54)(H,45,55)(H,46,56). The second kappa shape index (κ2) is 52.0. The van der Waals surface area contributed by atoms with Crippen LogP contribution >= 0.6 is 108 Å². The predicted molar refractivity (Wildman–Crippen MR) is 302 cm³/mol. The zero-order valence-electron chi connectivity index (χ0n) is 39.7. The number of rotatable bonds is 50. The first kappa shape index (κ1) is 66.7. The predicted octanol–water partition coefficient (Wildman–Crippen LogP) is 5.16. The van der Waals surface area contributed by atoms with E-state index in [0.29, 0.717) is 146 Å². The second-order valence-corrected chi connectivity index (χ2v) is 27.8. The maximum Gasteiger partial charge on any atom is 0.230 e. The van der Waals surface area contributed by atoms with E-state index in [2.05, 4.69) is 62.1 Å². The minimum atomic E-state index is -0.0203. The average Bonchev–Trinajstić information content (AvgIpc) is 3.30. The molecule has 0 rings (SSSR count). The van der Waals surface area contributed by atoms with Gasteiger partial charge in [0, 0.05) is 169 Å². The Morgan fingerprint density at radius 3 is 0.864 bits per heavy atom. The van der Waals surface area contributed by atoms with Gasteiger partial charge in [0.2, 0.25) is 29.5 Å². The fourth-order valence-electron chi connectivity index (χ4n) is 5.23. The van der Waals surface area contributed by atoms with Crippen LogP contribution in [0, 0.1) is 0 Å². The van der Waals surface area contributed by atoms with Crippen LogP contribution in [0.1, 0.15) is 65.7 Å². The minimum Gasteiger partial charge on any atom is -0.395 e. The molecule has 25 heteroatoms. The molecule has 5 amide bonds. The van der Waals surface area contributed by atoms with Crippen molar-refractivity contribution in [1.82, 2.24) is 41.3 Å². The Labute approximate surface area is 437 Å². The molecule has 0 spiro atoms. The van der Waals surface area contributed by atoms with Crippen LogP contribution in [0.15, 0.2) is 0 Å². The van der Waals surface area contributed by atoms with Crippen LogP contribution in [0.4, 0.5) is 0 Å². The lowest BCUT2D eigenvalue weighted by Crippen LogP contribution is -2.47. The van der Waals surface area contributed by atoms with E-state index in [1.165, 1.54) is 0 Å². The van der Waals surface area contributed by atoms with Crippen molar-refractivity contribution >= 4 is 137 Å².